The fourth-order valence-corrected chi connectivity index (χ4v) is 1.30. The fraction of sp³-hybridized carbons (Fsp3) is 0.273. The van der Waals surface area contributed by atoms with Crippen molar-refractivity contribution in [2.75, 3.05) is 0 Å². The first kappa shape index (κ1) is 10.5. The van der Waals surface area contributed by atoms with Crippen LogP contribution in [0, 0.1) is 5.82 Å². The van der Waals surface area contributed by atoms with Gasteiger partial charge in [-0.15, -0.1) is 6.58 Å². The van der Waals surface area contributed by atoms with Crippen LogP contribution in [-0.4, -0.2) is 0 Å². The fourth-order valence-electron chi connectivity index (χ4n) is 1.05. The van der Waals surface area contributed by atoms with E-state index in [1.165, 1.54) is 0 Å². The lowest BCUT2D eigenvalue weighted by atomic mass is 10.1. The van der Waals surface area contributed by atoms with Gasteiger partial charge in [-0.3, -0.25) is 0 Å². The number of allylic oxidation sites excluding steroid dienone is 1. The Kier molecular flexibility index (Phi) is 3.67. The summed E-state index contributed by atoms with van der Waals surface area (Å²) in [4.78, 5) is 0. The van der Waals surface area contributed by atoms with Crippen LogP contribution < -0.4 is 0 Å². The lowest BCUT2D eigenvalue weighted by molar-refractivity contribution is 0.618. The Bertz CT molecular complexity index is 318. The number of halogens is 2. The van der Waals surface area contributed by atoms with Gasteiger partial charge in [0, 0.05) is 0 Å². The molecule has 0 aliphatic heterocycles. The minimum absolute atomic E-state index is 0.195. The van der Waals surface area contributed by atoms with Gasteiger partial charge in [-0.2, -0.15) is 0 Å². The lowest BCUT2D eigenvalue weighted by Gasteiger charge is -2.02. The predicted molar refractivity (Wildman–Crippen MR) is 57.2 cm³/mol. The van der Waals surface area contributed by atoms with Crippen LogP contribution in [-0.2, 0) is 6.42 Å². The molecule has 0 unspecified atom stereocenters. The summed E-state index contributed by atoms with van der Waals surface area (Å²) in [5.41, 5.74) is 2.15. The second-order valence-electron chi connectivity index (χ2n) is 3.21. The summed E-state index contributed by atoms with van der Waals surface area (Å²) >= 11 is 3.12. The first-order chi connectivity index (χ1) is 6.09. The number of aryl methyl sites for hydroxylation is 1. The topological polar surface area (TPSA) is 0 Å². The molecule has 0 aliphatic rings. The predicted octanol–water partition coefficient (Wildman–Crippen LogP) is 4.10. The molecule has 0 aliphatic carbocycles. The number of rotatable bonds is 3. The zero-order chi connectivity index (χ0) is 9.84. The molecule has 0 atom stereocenters. The second kappa shape index (κ2) is 4.56. The highest BCUT2D eigenvalue weighted by Gasteiger charge is 2.00. The van der Waals surface area contributed by atoms with E-state index < -0.39 is 0 Å². The van der Waals surface area contributed by atoms with Crippen LogP contribution in [0.2, 0.25) is 0 Å². The van der Waals surface area contributed by atoms with E-state index in [1.807, 2.05) is 13.0 Å². The van der Waals surface area contributed by atoms with Crippen LogP contribution in [0.5, 0.6) is 0 Å². The molecule has 0 spiro atoms. The first-order valence-electron chi connectivity index (χ1n) is 4.18. The lowest BCUT2D eigenvalue weighted by Crippen LogP contribution is -1.88. The third-order valence-corrected chi connectivity index (χ3v) is 2.47. The molecule has 70 valence electrons. The van der Waals surface area contributed by atoms with Crippen molar-refractivity contribution in [1.29, 1.82) is 0 Å². The molecule has 0 N–H and O–H groups in total. The minimum atomic E-state index is -0.195. The maximum Gasteiger partial charge on any atom is 0.137 e. The quantitative estimate of drug-likeness (QED) is 0.701. The summed E-state index contributed by atoms with van der Waals surface area (Å²) in [6, 6.07) is 5.23. The zero-order valence-corrected chi connectivity index (χ0v) is 9.20. The van der Waals surface area contributed by atoms with E-state index >= 15 is 0 Å². The first-order valence-corrected chi connectivity index (χ1v) is 4.97. The average Bonchev–Trinajstić information content (AvgIpc) is 2.07. The maximum atomic E-state index is 13.0. The SMILES string of the molecule is C=C(C)CCc1ccc(Br)c(F)c1. The van der Waals surface area contributed by atoms with Gasteiger partial charge in [-0.1, -0.05) is 11.6 Å². The van der Waals surface area contributed by atoms with Gasteiger partial charge in [-0.25, -0.2) is 4.39 Å². The van der Waals surface area contributed by atoms with E-state index in [4.69, 9.17) is 0 Å². The molecule has 1 aromatic rings. The van der Waals surface area contributed by atoms with Crippen LogP contribution in [0.4, 0.5) is 4.39 Å². The van der Waals surface area contributed by atoms with Gasteiger partial charge in [-0.05, 0) is 53.4 Å². The largest absolute Gasteiger partial charge is 0.206 e. The van der Waals surface area contributed by atoms with Crippen molar-refractivity contribution in [1.82, 2.24) is 0 Å². The van der Waals surface area contributed by atoms with Crippen molar-refractivity contribution in [2.45, 2.75) is 19.8 Å². The van der Waals surface area contributed by atoms with E-state index in [1.54, 1.807) is 12.1 Å². The summed E-state index contributed by atoms with van der Waals surface area (Å²) < 4.78 is 13.6. The highest BCUT2D eigenvalue weighted by atomic mass is 79.9. The van der Waals surface area contributed by atoms with E-state index in [2.05, 4.69) is 22.5 Å². The van der Waals surface area contributed by atoms with Crippen LogP contribution in [0.3, 0.4) is 0 Å². The molecular formula is C11H12BrF. The van der Waals surface area contributed by atoms with Crippen molar-refractivity contribution >= 4 is 15.9 Å². The Hall–Kier alpha value is -0.630. The highest BCUT2D eigenvalue weighted by Crippen LogP contribution is 2.17. The molecule has 0 radical (unpaired) electrons. The Morgan fingerprint density at radius 2 is 2.23 bits per heavy atom. The van der Waals surface area contributed by atoms with Crippen LogP contribution >= 0.6 is 15.9 Å². The third kappa shape index (κ3) is 3.31. The van der Waals surface area contributed by atoms with E-state index in [0.717, 1.165) is 24.0 Å². The second-order valence-corrected chi connectivity index (χ2v) is 4.06. The summed E-state index contributed by atoms with van der Waals surface area (Å²) in [7, 11) is 0. The van der Waals surface area contributed by atoms with Crippen LogP contribution in [0.25, 0.3) is 0 Å². The Morgan fingerprint density at radius 1 is 1.54 bits per heavy atom. The van der Waals surface area contributed by atoms with Crippen molar-refractivity contribution < 1.29 is 4.39 Å². The smallest absolute Gasteiger partial charge is 0.137 e. The molecule has 1 aromatic carbocycles. The van der Waals surface area contributed by atoms with Gasteiger partial charge in [0.1, 0.15) is 5.82 Å². The zero-order valence-electron chi connectivity index (χ0n) is 7.61. The van der Waals surface area contributed by atoms with Crippen LogP contribution in [0.1, 0.15) is 18.9 Å². The van der Waals surface area contributed by atoms with Crippen molar-refractivity contribution in [2.24, 2.45) is 0 Å². The van der Waals surface area contributed by atoms with Crippen molar-refractivity contribution in [3.8, 4) is 0 Å². The average molecular weight is 243 g/mol. The number of hydrogen-bond acceptors (Lipinski definition) is 0. The van der Waals surface area contributed by atoms with Gasteiger partial charge in [0.25, 0.3) is 0 Å². The Balaban J connectivity index is 2.68. The Labute approximate surface area is 86.6 Å². The molecular weight excluding hydrogens is 231 g/mol. The summed E-state index contributed by atoms with van der Waals surface area (Å²) in [5.74, 6) is -0.195. The van der Waals surface area contributed by atoms with Gasteiger partial charge in [0.05, 0.1) is 4.47 Å². The van der Waals surface area contributed by atoms with E-state index in [0.29, 0.717) is 4.47 Å². The molecule has 13 heavy (non-hydrogen) atoms. The van der Waals surface area contributed by atoms with Crippen LogP contribution in [0.15, 0.2) is 34.8 Å². The normalized spacial score (nSPS) is 10.1. The van der Waals surface area contributed by atoms with Gasteiger partial charge in [0.15, 0.2) is 0 Å². The summed E-state index contributed by atoms with van der Waals surface area (Å²) in [6.07, 6.45) is 1.78. The molecule has 1 rings (SSSR count). The van der Waals surface area contributed by atoms with Gasteiger partial charge in [0.2, 0.25) is 0 Å². The molecule has 0 nitrogen and oxygen atoms in total. The number of hydrogen-bond donors (Lipinski definition) is 0. The maximum absolute atomic E-state index is 13.0. The summed E-state index contributed by atoms with van der Waals surface area (Å²) in [5, 5.41) is 0. The summed E-state index contributed by atoms with van der Waals surface area (Å²) in [6.45, 7) is 5.79. The molecule has 0 fully saturated rings. The van der Waals surface area contributed by atoms with Gasteiger partial charge < -0.3 is 0 Å². The molecule has 0 bridgehead atoms. The van der Waals surface area contributed by atoms with E-state index in [-0.39, 0.29) is 5.82 Å². The third-order valence-electron chi connectivity index (χ3n) is 1.82. The minimum Gasteiger partial charge on any atom is -0.206 e. The standard InChI is InChI=1S/C11H12BrF/c1-8(2)3-4-9-5-6-10(12)11(13)7-9/h5-7H,1,3-4H2,2H3. The van der Waals surface area contributed by atoms with Crippen molar-refractivity contribution in [3.63, 3.8) is 0 Å². The van der Waals surface area contributed by atoms with Gasteiger partial charge >= 0.3 is 0 Å². The molecule has 0 saturated carbocycles. The molecule has 0 aromatic heterocycles. The molecule has 0 heterocycles. The molecule has 2 heteroatoms. The van der Waals surface area contributed by atoms with E-state index in [9.17, 15) is 4.39 Å². The molecule has 0 saturated heterocycles. The number of benzene rings is 1. The highest BCUT2D eigenvalue weighted by molar-refractivity contribution is 9.10. The monoisotopic (exact) mass is 242 g/mol. The van der Waals surface area contributed by atoms with Crippen molar-refractivity contribution in [3.05, 3.63) is 46.2 Å². The Morgan fingerprint density at radius 3 is 2.77 bits per heavy atom. The molecule has 0 amide bonds.